The van der Waals surface area contributed by atoms with Crippen LogP contribution in [0.15, 0.2) is 28.8 Å². The maximum Gasteiger partial charge on any atom is 0.257 e. The van der Waals surface area contributed by atoms with Gasteiger partial charge in [0, 0.05) is 12.5 Å². The van der Waals surface area contributed by atoms with Gasteiger partial charge in [-0.05, 0) is 26.0 Å². The Morgan fingerprint density at radius 1 is 1.42 bits per heavy atom. The van der Waals surface area contributed by atoms with Crippen molar-refractivity contribution in [1.82, 2.24) is 10.5 Å². The number of benzene rings is 1. The maximum atomic E-state index is 13.3. The van der Waals surface area contributed by atoms with E-state index in [0.29, 0.717) is 42.4 Å². The van der Waals surface area contributed by atoms with Crippen LogP contribution in [-0.4, -0.2) is 36.4 Å². The number of nitrogens with zero attached hydrogens (tertiary/aromatic N) is 1. The molecule has 1 aliphatic heterocycles. The van der Waals surface area contributed by atoms with Gasteiger partial charge < -0.3 is 19.3 Å². The number of aryl methyl sites for hydroxylation is 2. The number of nitrogens with one attached hydrogen (secondary N) is 1. The maximum absolute atomic E-state index is 13.3. The van der Waals surface area contributed by atoms with E-state index in [9.17, 15) is 9.18 Å². The Kier molecular flexibility index (Phi) is 4.80. The molecule has 1 fully saturated rings. The molecular weight excluding hydrogens is 315 g/mol. The quantitative estimate of drug-likeness (QED) is 0.929. The Balaban J connectivity index is 1.71. The van der Waals surface area contributed by atoms with Gasteiger partial charge in [-0.2, -0.15) is 0 Å². The summed E-state index contributed by atoms with van der Waals surface area (Å²) in [5.41, 5.74) is 0.953. The van der Waals surface area contributed by atoms with Crippen molar-refractivity contribution in [2.75, 3.05) is 13.2 Å². The molecule has 24 heavy (non-hydrogen) atoms. The van der Waals surface area contributed by atoms with Crippen LogP contribution >= 0.6 is 0 Å². The van der Waals surface area contributed by atoms with E-state index in [2.05, 4.69) is 10.5 Å². The monoisotopic (exact) mass is 334 g/mol. The summed E-state index contributed by atoms with van der Waals surface area (Å²) >= 11 is 0. The lowest BCUT2D eigenvalue weighted by molar-refractivity contribution is -0.00300. The lowest BCUT2D eigenvalue weighted by Crippen LogP contribution is -2.52. The average molecular weight is 334 g/mol. The van der Waals surface area contributed by atoms with Crippen molar-refractivity contribution in [2.45, 2.75) is 32.4 Å². The van der Waals surface area contributed by atoms with Gasteiger partial charge >= 0.3 is 0 Å². The lowest BCUT2D eigenvalue weighted by Gasteiger charge is -2.32. The number of rotatable bonds is 4. The van der Waals surface area contributed by atoms with Crippen molar-refractivity contribution < 1.29 is 23.2 Å². The van der Waals surface area contributed by atoms with Gasteiger partial charge in [0.1, 0.15) is 29.0 Å². The molecule has 3 rings (SSSR count). The van der Waals surface area contributed by atoms with Crippen LogP contribution in [0.5, 0.6) is 5.75 Å². The minimum atomic E-state index is -0.365. The van der Waals surface area contributed by atoms with Gasteiger partial charge in [-0.1, -0.05) is 11.2 Å². The molecule has 1 aromatic heterocycles. The van der Waals surface area contributed by atoms with Gasteiger partial charge in [0.2, 0.25) is 0 Å². The zero-order valence-corrected chi connectivity index (χ0v) is 13.5. The van der Waals surface area contributed by atoms with Crippen LogP contribution in [0.2, 0.25) is 0 Å². The molecule has 1 amide bonds. The molecule has 1 N–H and O–H groups in total. The number of hydrogen-bond acceptors (Lipinski definition) is 5. The normalized spacial score (nSPS) is 20.6. The highest BCUT2D eigenvalue weighted by molar-refractivity contribution is 5.96. The number of carbonyl (C=O) groups is 1. The predicted molar refractivity (Wildman–Crippen MR) is 83.5 cm³/mol. The first-order chi connectivity index (χ1) is 11.5. The van der Waals surface area contributed by atoms with Crippen LogP contribution in [-0.2, 0) is 4.74 Å². The second-order valence-corrected chi connectivity index (χ2v) is 5.76. The van der Waals surface area contributed by atoms with Gasteiger partial charge in [-0.3, -0.25) is 4.79 Å². The van der Waals surface area contributed by atoms with Crippen LogP contribution in [0.3, 0.4) is 0 Å². The van der Waals surface area contributed by atoms with Gasteiger partial charge in [-0.25, -0.2) is 4.39 Å². The highest BCUT2D eigenvalue weighted by atomic mass is 19.1. The summed E-state index contributed by atoms with van der Waals surface area (Å²) in [5.74, 6) is 0.244. The molecule has 0 unspecified atom stereocenters. The molecular formula is C17H19FN2O4. The Morgan fingerprint density at radius 3 is 2.96 bits per heavy atom. The first-order valence-corrected chi connectivity index (χ1v) is 7.78. The number of amides is 1. The first kappa shape index (κ1) is 16.4. The van der Waals surface area contributed by atoms with E-state index in [0.717, 1.165) is 0 Å². The lowest BCUT2D eigenvalue weighted by atomic mass is 10.1. The second-order valence-electron chi connectivity index (χ2n) is 5.76. The van der Waals surface area contributed by atoms with E-state index >= 15 is 0 Å². The van der Waals surface area contributed by atoms with Crippen LogP contribution in [0.1, 0.15) is 28.2 Å². The van der Waals surface area contributed by atoms with E-state index in [1.807, 2.05) is 0 Å². The largest absolute Gasteiger partial charge is 0.488 e. The smallest absolute Gasteiger partial charge is 0.257 e. The highest BCUT2D eigenvalue weighted by Crippen LogP contribution is 2.20. The van der Waals surface area contributed by atoms with Crippen molar-refractivity contribution in [3.63, 3.8) is 0 Å². The number of aromatic nitrogens is 1. The molecule has 128 valence electrons. The van der Waals surface area contributed by atoms with Crippen LogP contribution in [0.25, 0.3) is 0 Å². The minimum Gasteiger partial charge on any atom is -0.488 e. The van der Waals surface area contributed by atoms with Crippen molar-refractivity contribution in [3.8, 4) is 5.75 Å². The fourth-order valence-electron chi connectivity index (χ4n) is 2.76. The number of carbonyl (C=O) groups excluding carboxylic acids is 1. The average Bonchev–Trinajstić information content (AvgIpc) is 2.88. The zero-order chi connectivity index (χ0) is 17.1. The molecule has 0 bridgehead atoms. The molecule has 2 aromatic rings. The van der Waals surface area contributed by atoms with Crippen LogP contribution in [0, 0.1) is 19.7 Å². The molecule has 0 aliphatic carbocycles. The number of hydrogen-bond donors (Lipinski definition) is 1. The molecule has 0 spiro atoms. The van der Waals surface area contributed by atoms with Crippen molar-refractivity contribution in [3.05, 3.63) is 47.1 Å². The molecule has 6 nitrogen and oxygen atoms in total. The molecule has 1 aromatic carbocycles. The van der Waals surface area contributed by atoms with Gasteiger partial charge in [0.25, 0.3) is 5.91 Å². The van der Waals surface area contributed by atoms with Crippen LogP contribution < -0.4 is 10.1 Å². The fraction of sp³-hybridized carbons (Fsp3) is 0.412. The summed E-state index contributed by atoms with van der Waals surface area (Å²) in [4.78, 5) is 12.5. The third-order valence-corrected chi connectivity index (χ3v) is 3.95. The Bertz CT molecular complexity index is 712. The number of halogens is 1. The highest BCUT2D eigenvalue weighted by Gasteiger charge is 2.30. The van der Waals surface area contributed by atoms with E-state index in [4.69, 9.17) is 14.0 Å². The fourth-order valence-corrected chi connectivity index (χ4v) is 2.76. The number of ether oxygens (including phenoxy) is 2. The van der Waals surface area contributed by atoms with E-state index in [-0.39, 0.29) is 23.9 Å². The summed E-state index contributed by atoms with van der Waals surface area (Å²) in [5, 5.41) is 6.69. The summed E-state index contributed by atoms with van der Waals surface area (Å²) < 4.78 is 29.6. The van der Waals surface area contributed by atoms with Crippen molar-refractivity contribution in [1.29, 1.82) is 0 Å². The van der Waals surface area contributed by atoms with E-state index < -0.39 is 0 Å². The third kappa shape index (κ3) is 3.56. The standard InChI is InChI=1S/C17H19FN2O4/c1-10-16(11(2)24-20-10)17(21)19-14-9-22-7-6-15(14)23-13-5-3-4-12(18)8-13/h3-5,8,14-15H,6-7,9H2,1-2H3,(H,19,21)/t14-,15+/m1/s1. The second kappa shape index (κ2) is 7.00. The predicted octanol–water partition coefficient (Wildman–Crippen LogP) is 2.40. The van der Waals surface area contributed by atoms with Gasteiger partial charge in [0.15, 0.2) is 0 Å². The molecule has 1 saturated heterocycles. The Hall–Kier alpha value is -2.41. The minimum absolute atomic E-state index is 0.283. The molecule has 7 heteroatoms. The first-order valence-electron chi connectivity index (χ1n) is 7.78. The van der Waals surface area contributed by atoms with E-state index in [1.165, 1.54) is 12.1 Å². The van der Waals surface area contributed by atoms with Crippen LogP contribution in [0.4, 0.5) is 4.39 Å². The molecule has 1 aliphatic rings. The van der Waals surface area contributed by atoms with Crippen molar-refractivity contribution >= 4 is 5.91 Å². The third-order valence-electron chi connectivity index (χ3n) is 3.95. The molecule has 2 atom stereocenters. The topological polar surface area (TPSA) is 73.6 Å². The summed E-state index contributed by atoms with van der Waals surface area (Å²) in [7, 11) is 0. The SMILES string of the molecule is Cc1noc(C)c1C(=O)N[C@@H]1COCC[C@@H]1Oc1cccc(F)c1. The molecule has 2 heterocycles. The van der Waals surface area contributed by atoms with E-state index in [1.54, 1.807) is 26.0 Å². The Morgan fingerprint density at radius 2 is 2.25 bits per heavy atom. The Labute approximate surface area is 138 Å². The summed E-state index contributed by atoms with van der Waals surface area (Å²) in [6.45, 7) is 4.25. The zero-order valence-electron chi connectivity index (χ0n) is 13.5. The molecule has 0 saturated carbocycles. The van der Waals surface area contributed by atoms with Gasteiger partial charge in [0.05, 0.1) is 24.9 Å². The summed E-state index contributed by atoms with van der Waals surface area (Å²) in [6.07, 6.45) is 0.299. The summed E-state index contributed by atoms with van der Waals surface area (Å²) in [6, 6.07) is 5.60. The van der Waals surface area contributed by atoms with Gasteiger partial charge in [-0.15, -0.1) is 0 Å². The molecule has 0 radical (unpaired) electrons. The van der Waals surface area contributed by atoms with Crippen molar-refractivity contribution in [2.24, 2.45) is 0 Å².